The van der Waals surface area contributed by atoms with Crippen LogP contribution in [-0.2, 0) is 16.4 Å². The van der Waals surface area contributed by atoms with Crippen LogP contribution >= 0.6 is 11.3 Å². The van der Waals surface area contributed by atoms with Crippen molar-refractivity contribution >= 4 is 26.3 Å². The minimum atomic E-state index is -2.89. The van der Waals surface area contributed by atoms with Crippen molar-refractivity contribution in [1.29, 1.82) is 0 Å². The first-order valence-electron chi connectivity index (χ1n) is 6.65. The van der Waals surface area contributed by atoms with Gasteiger partial charge in [0.1, 0.15) is 0 Å². The summed E-state index contributed by atoms with van der Waals surface area (Å²) in [5.41, 5.74) is 1.04. The highest BCUT2D eigenvalue weighted by molar-refractivity contribution is 7.91. The molecule has 3 rings (SSSR count). The van der Waals surface area contributed by atoms with Gasteiger partial charge in [-0.05, 0) is 19.3 Å². The van der Waals surface area contributed by atoms with Gasteiger partial charge in [0.15, 0.2) is 15.0 Å². The van der Waals surface area contributed by atoms with Crippen LogP contribution in [0.3, 0.4) is 0 Å². The van der Waals surface area contributed by atoms with E-state index in [1.165, 1.54) is 11.3 Å². The Balaban J connectivity index is 1.81. The van der Waals surface area contributed by atoms with Gasteiger partial charge in [0, 0.05) is 19.0 Å². The smallest absolute Gasteiger partial charge is 0.185 e. The lowest BCUT2D eigenvalue weighted by Gasteiger charge is -2.17. The van der Waals surface area contributed by atoms with Gasteiger partial charge in [-0.2, -0.15) is 0 Å². The van der Waals surface area contributed by atoms with E-state index >= 15 is 0 Å². The molecule has 2 fully saturated rings. The molecule has 1 N–H and O–H groups in total. The van der Waals surface area contributed by atoms with Gasteiger partial charge in [-0.15, -0.1) is 0 Å². The van der Waals surface area contributed by atoms with Crippen molar-refractivity contribution in [2.45, 2.75) is 31.8 Å². The second-order valence-corrected chi connectivity index (χ2v) is 8.60. The predicted octanol–water partition coefficient (Wildman–Crippen LogP) is 1.14. The van der Waals surface area contributed by atoms with Crippen molar-refractivity contribution < 1.29 is 13.5 Å². The number of aromatic nitrogens is 1. The van der Waals surface area contributed by atoms with Gasteiger partial charge in [-0.3, -0.25) is 0 Å². The van der Waals surface area contributed by atoms with Crippen LogP contribution in [0.2, 0.25) is 0 Å². The zero-order chi connectivity index (χ0) is 13.5. The van der Waals surface area contributed by atoms with E-state index in [1.54, 1.807) is 0 Å². The number of anilines is 1. The van der Waals surface area contributed by atoms with Gasteiger partial charge in [0.05, 0.1) is 28.7 Å². The molecule has 5 nitrogen and oxygen atoms in total. The van der Waals surface area contributed by atoms with Crippen LogP contribution < -0.4 is 4.90 Å². The Kier molecular flexibility index (Phi) is 3.53. The number of nitrogens with zero attached hydrogens (tertiary/aromatic N) is 2. The van der Waals surface area contributed by atoms with Crippen LogP contribution in [0.5, 0.6) is 0 Å². The van der Waals surface area contributed by atoms with Crippen LogP contribution in [-0.4, -0.2) is 43.1 Å². The SMILES string of the molecule is O=S1(=O)CCCN(c2nc(C3CC3)c(CO)s2)CC1. The van der Waals surface area contributed by atoms with E-state index < -0.39 is 9.84 Å². The second-order valence-electron chi connectivity index (χ2n) is 5.23. The highest BCUT2D eigenvalue weighted by atomic mass is 32.2. The lowest BCUT2D eigenvalue weighted by atomic mass is 10.2. The maximum absolute atomic E-state index is 11.6. The minimum Gasteiger partial charge on any atom is -0.391 e. The third-order valence-electron chi connectivity index (χ3n) is 3.65. The Morgan fingerprint density at radius 2 is 2.11 bits per heavy atom. The molecule has 1 aromatic heterocycles. The highest BCUT2D eigenvalue weighted by Crippen LogP contribution is 2.44. The largest absolute Gasteiger partial charge is 0.391 e. The number of thiazole rings is 1. The van der Waals surface area contributed by atoms with E-state index in [0.717, 1.165) is 35.1 Å². The van der Waals surface area contributed by atoms with Gasteiger partial charge in [-0.1, -0.05) is 11.3 Å². The van der Waals surface area contributed by atoms with Crippen molar-refractivity contribution in [2.24, 2.45) is 0 Å². The Labute approximate surface area is 117 Å². The zero-order valence-corrected chi connectivity index (χ0v) is 12.3. The molecule has 0 amide bonds. The first-order valence-corrected chi connectivity index (χ1v) is 9.29. The normalized spacial score (nSPS) is 23.3. The average Bonchev–Trinajstić information content (AvgIpc) is 3.15. The van der Waals surface area contributed by atoms with Gasteiger partial charge >= 0.3 is 0 Å². The molecule has 2 heterocycles. The Bertz CT molecular complexity index is 564. The number of aliphatic hydroxyl groups is 1. The molecule has 1 aliphatic heterocycles. The lowest BCUT2D eigenvalue weighted by molar-refractivity contribution is 0.284. The number of rotatable bonds is 3. The summed E-state index contributed by atoms with van der Waals surface area (Å²) in [5, 5.41) is 10.3. The molecular formula is C12H18N2O3S2. The molecule has 106 valence electrons. The molecule has 7 heteroatoms. The Morgan fingerprint density at radius 3 is 2.79 bits per heavy atom. The van der Waals surface area contributed by atoms with E-state index in [2.05, 4.69) is 9.88 Å². The maximum Gasteiger partial charge on any atom is 0.185 e. The third kappa shape index (κ3) is 2.93. The van der Waals surface area contributed by atoms with Crippen molar-refractivity contribution in [3.63, 3.8) is 0 Å². The standard InChI is InChI=1S/C12H18N2O3S2/c15-8-10-11(9-2-3-9)13-12(18-10)14-4-1-6-19(16,17)7-5-14/h9,15H,1-8H2. The fourth-order valence-corrected chi connectivity index (χ4v) is 4.73. The first kappa shape index (κ1) is 13.3. The molecule has 2 aliphatic rings. The predicted molar refractivity (Wildman–Crippen MR) is 75.5 cm³/mol. The fourth-order valence-electron chi connectivity index (χ4n) is 2.40. The Morgan fingerprint density at radius 1 is 1.32 bits per heavy atom. The summed E-state index contributed by atoms with van der Waals surface area (Å²) in [6, 6.07) is 0. The highest BCUT2D eigenvalue weighted by Gasteiger charge is 2.31. The van der Waals surface area contributed by atoms with Gasteiger partial charge in [0.25, 0.3) is 0 Å². The summed E-state index contributed by atoms with van der Waals surface area (Å²) in [6.07, 6.45) is 2.98. The van der Waals surface area contributed by atoms with Crippen molar-refractivity contribution in [3.05, 3.63) is 10.6 Å². The van der Waals surface area contributed by atoms with E-state index in [4.69, 9.17) is 0 Å². The molecule has 1 saturated carbocycles. The van der Waals surface area contributed by atoms with Gasteiger partial charge in [0.2, 0.25) is 0 Å². The molecule has 19 heavy (non-hydrogen) atoms. The number of aliphatic hydroxyl groups excluding tert-OH is 1. The van der Waals surface area contributed by atoms with E-state index in [0.29, 0.717) is 18.9 Å². The molecule has 0 spiro atoms. The summed E-state index contributed by atoms with van der Waals surface area (Å²) in [4.78, 5) is 7.65. The molecule has 0 atom stereocenters. The molecule has 0 radical (unpaired) electrons. The molecule has 1 aliphatic carbocycles. The van der Waals surface area contributed by atoms with E-state index in [9.17, 15) is 13.5 Å². The summed E-state index contributed by atoms with van der Waals surface area (Å²) in [6.45, 7) is 1.29. The quantitative estimate of drug-likeness (QED) is 0.906. The average molecular weight is 302 g/mol. The number of hydrogen-bond donors (Lipinski definition) is 1. The van der Waals surface area contributed by atoms with Crippen LogP contribution in [0.25, 0.3) is 0 Å². The van der Waals surface area contributed by atoms with Crippen LogP contribution in [0, 0.1) is 0 Å². The van der Waals surface area contributed by atoms with E-state index in [-0.39, 0.29) is 18.1 Å². The van der Waals surface area contributed by atoms with Gasteiger partial charge in [-0.25, -0.2) is 13.4 Å². The maximum atomic E-state index is 11.6. The van der Waals surface area contributed by atoms with Crippen molar-refractivity contribution in [3.8, 4) is 0 Å². The first-order chi connectivity index (χ1) is 9.09. The van der Waals surface area contributed by atoms with Crippen LogP contribution in [0.1, 0.15) is 35.8 Å². The van der Waals surface area contributed by atoms with Crippen molar-refractivity contribution in [2.75, 3.05) is 29.5 Å². The second kappa shape index (κ2) is 5.03. The molecule has 0 bridgehead atoms. The summed E-state index contributed by atoms with van der Waals surface area (Å²) >= 11 is 1.51. The molecule has 1 saturated heterocycles. The summed E-state index contributed by atoms with van der Waals surface area (Å²) in [5.74, 6) is 1.000. The Hall–Kier alpha value is -0.660. The minimum absolute atomic E-state index is 0.0373. The molecule has 1 aromatic rings. The van der Waals surface area contributed by atoms with Crippen LogP contribution in [0.15, 0.2) is 0 Å². The molecular weight excluding hydrogens is 284 g/mol. The van der Waals surface area contributed by atoms with Crippen molar-refractivity contribution in [1.82, 2.24) is 4.98 Å². The topological polar surface area (TPSA) is 70.5 Å². The molecule has 0 aromatic carbocycles. The summed E-state index contributed by atoms with van der Waals surface area (Å²) in [7, 11) is -2.89. The molecule has 0 unspecified atom stereocenters. The van der Waals surface area contributed by atoms with Gasteiger partial charge < -0.3 is 10.0 Å². The number of hydrogen-bond acceptors (Lipinski definition) is 6. The third-order valence-corrected chi connectivity index (χ3v) is 6.48. The zero-order valence-electron chi connectivity index (χ0n) is 10.7. The van der Waals surface area contributed by atoms with Crippen LogP contribution in [0.4, 0.5) is 5.13 Å². The number of sulfone groups is 1. The van der Waals surface area contributed by atoms with E-state index in [1.807, 2.05) is 0 Å². The lowest BCUT2D eigenvalue weighted by Crippen LogP contribution is -2.26. The fraction of sp³-hybridized carbons (Fsp3) is 0.750. The summed E-state index contributed by atoms with van der Waals surface area (Å²) < 4.78 is 23.2. The monoisotopic (exact) mass is 302 g/mol.